The van der Waals surface area contributed by atoms with Gasteiger partial charge >= 0.3 is 0 Å². The monoisotopic (exact) mass is 428 g/mol. The number of hydrogen-bond donors (Lipinski definition) is 1. The highest BCUT2D eigenvalue weighted by atomic mass is 35.5. The molecule has 7 heteroatoms. The predicted octanol–water partition coefficient (Wildman–Crippen LogP) is 4.49. The second kappa shape index (κ2) is 9.11. The fourth-order valence-corrected chi connectivity index (χ4v) is 4.84. The maximum absolute atomic E-state index is 13.6. The summed E-state index contributed by atoms with van der Waals surface area (Å²) < 4.78 is 28.5. The average Bonchev–Trinajstić information content (AvgIpc) is 2.73. The standard InChI is InChI=1S/C22H21ClN2O3S/c1-2-24-22(26)18-13-14-20(23)21(15-18)29(27,28)25(19-11-7-4-8-12-19)16-17-9-5-3-6-10-17/h3-15H,2,16H2,1H3,(H,24,26). The molecule has 3 rings (SSSR count). The highest BCUT2D eigenvalue weighted by Gasteiger charge is 2.28. The number of benzene rings is 3. The SMILES string of the molecule is CCNC(=O)c1ccc(Cl)c(S(=O)(=O)N(Cc2ccccc2)c2ccccc2)c1. The van der Waals surface area contributed by atoms with E-state index in [4.69, 9.17) is 11.6 Å². The van der Waals surface area contributed by atoms with Crippen molar-refractivity contribution in [2.24, 2.45) is 0 Å². The quantitative estimate of drug-likeness (QED) is 0.603. The van der Waals surface area contributed by atoms with Crippen molar-refractivity contribution in [2.75, 3.05) is 10.8 Å². The van der Waals surface area contributed by atoms with Crippen LogP contribution < -0.4 is 9.62 Å². The van der Waals surface area contributed by atoms with Gasteiger partial charge in [0.15, 0.2) is 0 Å². The first-order chi connectivity index (χ1) is 13.9. The number of rotatable bonds is 7. The van der Waals surface area contributed by atoms with Gasteiger partial charge in [0, 0.05) is 12.1 Å². The molecule has 29 heavy (non-hydrogen) atoms. The zero-order valence-corrected chi connectivity index (χ0v) is 17.5. The molecule has 3 aromatic rings. The molecule has 0 aliphatic rings. The van der Waals surface area contributed by atoms with Gasteiger partial charge in [0.05, 0.1) is 17.3 Å². The summed E-state index contributed by atoms with van der Waals surface area (Å²) in [5, 5.41) is 2.73. The summed E-state index contributed by atoms with van der Waals surface area (Å²) in [6, 6.07) is 22.4. The van der Waals surface area contributed by atoms with Gasteiger partial charge in [0.2, 0.25) is 0 Å². The summed E-state index contributed by atoms with van der Waals surface area (Å²) in [7, 11) is -4.03. The van der Waals surface area contributed by atoms with Crippen molar-refractivity contribution >= 4 is 33.2 Å². The summed E-state index contributed by atoms with van der Waals surface area (Å²) in [6.45, 7) is 2.37. The van der Waals surface area contributed by atoms with Gasteiger partial charge in [-0.1, -0.05) is 60.1 Å². The van der Waals surface area contributed by atoms with Crippen LogP contribution in [0.15, 0.2) is 83.8 Å². The molecule has 150 valence electrons. The molecule has 0 aliphatic carbocycles. The Labute approximate surface area is 176 Å². The number of carbonyl (C=O) groups is 1. The van der Waals surface area contributed by atoms with Crippen LogP contribution in [-0.4, -0.2) is 20.9 Å². The molecule has 3 aromatic carbocycles. The van der Waals surface area contributed by atoms with Crippen molar-refractivity contribution in [3.05, 3.63) is 95.0 Å². The minimum absolute atomic E-state index is 0.0621. The minimum atomic E-state index is -4.03. The van der Waals surface area contributed by atoms with E-state index in [2.05, 4.69) is 5.32 Å². The topological polar surface area (TPSA) is 66.5 Å². The van der Waals surface area contributed by atoms with Gasteiger partial charge in [-0.25, -0.2) is 8.42 Å². The number of para-hydroxylation sites is 1. The number of hydrogen-bond acceptors (Lipinski definition) is 3. The van der Waals surface area contributed by atoms with Gasteiger partial charge in [-0.15, -0.1) is 0 Å². The maximum Gasteiger partial charge on any atom is 0.266 e. The second-order valence-corrected chi connectivity index (χ2v) is 8.58. The van der Waals surface area contributed by atoms with E-state index in [-0.39, 0.29) is 27.9 Å². The third-order valence-electron chi connectivity index (χ3n) is 4.31. The molecule has 5 nitrogen and oxygen atoms in total. The van der Waals surface area contributed by atoms with Crippen LogP contribution in [0.25, 0.3) is 0 Å². The number of halogens is 1. The third kappa shape index (κ3) is 4.78. The van der Waals surface area contributed by atoms with Crippen molar-refractivity contribution in [3.63, 3.8) is 0 Å². The summed E-state index contributed by atoms with van der Waals surface area (Å²) in [6.07, 6.45) is 0. The summed E-state index contributed by atoms with van der Waals surface area (Å²) in [5.41, 5.74) is 1.58. The van der Waals surface area contributed by atoms with Crippen LogP contribution >= 0.6 is 11.6 Å². The highest BCUT2D eigenvalue weighted by Crippen LogP contribution is 2.30. The molecule has 0 radical (unpaired) electrons. The van der Waals surface area contributed by atoms with Gasteiger partial charge in [0.1, 0.15) is 4.90 Å². The lowest BCUT2D eigenvalue weighted by Crippen LogP contribution is -2.31. The zero-order chi connectivity index (χ0) is 20.9. The number of sulfonamides is 1. The van der Waals surface area contributed by atoms with Gasteiger partial charge in [-0.2, -0.15) is 0 Å². The Hall–Kier alpha value is -2.83. The van der Waals surface area contributed by atoms with Crippen LogP contribution in [0.3, 0.4) is 0 Å². The molecule has 1 N–H and O–H groups in total. The summed E-state index contributed by atoms with van der Waals surface area (Å²) >= 11 is 6.26. The Morgan fingerprint density at radius 3 is 2.21 bits per heavy atom. The van der Waals surface area contributed by atoms with Crippen molar-refractivity contribution < 1.29 is 13.2 Å². The molecule has 0 unspecified atom stereocenters. The van der Waals surface area contributed by atoms with E-state index in [0.717, 1.165) is 5.56 Å². The Bertz CT molecular complexity index is 1090. The molecule has 0 spiro atoms. The van der Waals surface area contributed by atoms with Gasteiger partial charge in [0.25, 0.3) is 15.9 Å². The minimum Gasteiger partial charge on any atom is -0.352 e. The van der Waals surface area contributed by atoms with E-state index in [9.17, 15) is 13.2 Å². The Morgan fingerprint density at radius 1 is 0.966 bits per heavy atom. The number of nitrogens with one attached hydrogen (secondary N) is 1. The van der Waals surface area contributed by atoms with Crippen LogP contribution in [0.4, 0.5) is 5.69 Å². The van der Waals surface area contributed by atoms with Crippen molar-refractivity contribution in [2.45, 2.75) is 18.4 Å². The van der Waals surface area contributed by atoms with Crippen LogP contribution in [0, 0.1) is 0 Å². The lowest BCUT2D eigenvalue weighted by molar-refractivity contribution is 0.0955. The fourth-order valence-electron chi connectivity index (χ4n) is 2.88. The molecule has 0 saturated carbocycles. The lowest BCUT2D eigenvalue weighted by Gasteiger charge is -2.25. The molecular weight excluding hydrogens is 408 g/mol. The number of anilines is 1. The fraction of sp³-hybridized carbons (Fsp3) is 0.136. The first-order valence-corrected chi connectivity index (χ1v) is 10.9. The summed E-state index contributed by atoms with van der Waals surface area (Å²) in [4.78, 5) is 12.1. The number of carbonyl (C=O) groups excluding carboxylic acids is 1. The largest absolute Gasteiger partial charge is 0.352 e. The molecular formula is C22H21ClN2O3S. The Balaban J connectivity index is 2.09. The summed E-state index contributed by atoms with van der Waals surface area (Å²) in [5.74, 6) is -0.352. The molecule has 0 atom stereocenters. The van der Waals surface area contributed by atoms with Crippen LogP contribution in [0.2, 0.25) is 5.02 Å². The zero-order valence-electron chi connectivity index (χ0n) is 15.9. The normalized spacial score (nSPS) is 11.1. The Morgan fingerprint density at radius 2 is 1.59 bits per heavy atom. The molecule has 0 heterocycles. The molecule has 0 fully saturated rings. The van der Waals surface area contributed by atoms with Gasteiger partial charge in [-0.3, -0.25) is 9.10 Å². The second-order valence-electron chi connectivity index (χ2n) is 6.34. The molecule has 0 saturated heterocycles. The smallest absolute Gasteiger partial charge is 0.266 e. The van der Waals surface area contributed by atoms with E-state index in [1.54, 1.807) is 31.2 Å². The maximum atomic E-state index is 13.6. The van der Waals surface area contributed by atoms with E-state index < -0.39 is 10.0 Å². The van der Waals surface area contributed by atoms with Crippen LogP contribution in [-0.2, 0) is 16.6 Å². The molecule has 0 aliphatic heterocycles. The molecule has 0 bridgehead atoms. The first kappa shape index (κ1) is 20.9. The van der Waals surface area contributed by atoms with Crippen molar-refractivity contribution in [1.82, 2.24) is 5.32 Å². The average molecular weight is 429 g/mol. The van der Waals surface area contributed by atoms with E-state index in [1.165, 1.54) is 22.5 Å². The van der Waals surface area contributed by atoms with Crippen LogP contribution in [0.1, 0.15) is 22.8 Å². The van der Waals surface area contributed by atoms with Gasteiger partial charge < -0.3 is 5.32 Å². The van der Waals surface area contributed by atoms with Crippen molar-refractivity contribution in [3.8, 4) is 0 Å². The number of amides is 1. The van der Waals surface area contributed by atoms with Crippen LogP contribution in [0.5, 0.6) is 0 Å². The lowest BCUT2D eigenvalue weighted by atomic mass is 10.2. The highest BCUT2D eigenvalue weighted by molar-refractivity contribution is 7.93. The number of nitrogens with zero attached hydrogens (tertiary/aromatic N) is 1. The third-order valence-corrected chi connectivity index (χ3v) is 6.57. The first-order valence-electron chi connectivity index (χ1n) is 9.13. The van der Waals surface area contributed by atoms with Crippen molar-refractivity contribution in [1.29, 1.82) is 0 Å². The Kier molecular flexibility index (Phi) is 6.56. The predicted molar refractivity (Wildman–Crippen MR) is 116 cm³/mol. The van der Waals surface area contributed by atoms with E-state index >= 15 is 0 Å². The molecule has 0 aromatic heterocycles. The van der Waals surface area contributed by atoms with E-state index in [1.807, 2.05) is 36.4 Å². The van der Waals surface area contributed by atoms with E-state index in [0.29, 0.717) is 12.2 Å². The molecule has 1 amide bonds. The van der Waals surface area contributed by atoms with Gasteiger partial charge in [-0.05, 0) is 42.8 Å².